The van der Waals surface area contributed by atoms with Crippen LogP contribution in [0.4, 0.5) is 18.9 Å². The van der Waals surface area contributed by atoms with Crippen molar-refractivity contribution in [2.45, 2.75) is 20.0 Å². The van der Waals surface area contributed by atoms with Gasteiger partial charge in [0.15, 0.2) is 0 Å². The minimum Gasteiger partial charge on any atom is -0.497 e. The minimum atomic E-state index is -4.59. The van der Waals surface area contributed by atoms with Gasteiger partial charge in [-0.15, -0.1) is 0 Å². The number of anilines is 1. The first kappa shape index (κ1) is 17.7. The first-order valence-corrected chi connectivity index (χ1v) is 7.34. The molecule has 0 aromatic heterocycles. The Hall–Kier alpha value is -1.69. The number of hydrogen-bond donors (Lipinski definition) is 1. The standard InChI is InChI=1S/C16H17ClF3NO2/c1-15(2)11(8-12(17)16(18,19)20)13(15)14(22)21-9-5-4-6-10(7-9)23-3/h4-8,11,13H,1-3H3,(H,21,22). The Morgan fingerprint density at radius 1 is 1.39 bits per heavy atom. The summed E-state index contributed by atoms with van der Waals surface area (Å²) in [7, 11) is 1.50. The molecule has 2 unspecified atom stereocenters. The number of carbonyl (C=O) groups is 1. The minimum absolute atomic E-state index is 0.337. The largest absolute Gasteiger partial charge is 0.497 e. The van der Waals surface area contributed by atoms with Crippen LogP contribution in [-0.2, 0) is 4.79 Å². The predicted molar refractivity (Wildman–Crippen MR) is 82.4 cm³/mol. The van der Waals surface area contributed by atoms with Gasteiger partial charge in [0.05, 0.1) is 13.0 Å². The highest BCUT2D eigenvalue weighted by Gasteiger charge is 2.61. The van der Waals surface area contributed by atoms with Crippen molar-refractivity contribution in [1.29, 1.82) is 0 Å². The van der Waals surface area contributed by atoms with Crippen molar-refractivity contribution in [2.24, 2.45) is 17.3 Å². The summed E-state index contributed by atoms with van der Waals surface area (Å²) < 4.78 is 42.7. The molecule has 1 aliphatic carbocycles. The van der Waals surface area contributed by atoms with E-state index in [9.17, 15) is 18.0 Å². The molecular weight excluding hydrogens is 331 g/mol. The van der Waals surface area contributed by atoms with Crippen LogP contribution in [0.25, 0.3) is 0 Å². The van der Waals surface area contributed by atoms with Crippen molar-refractivity contribution in [3.63, 3.8) is 0 Å². The highest BCUT2D eigenvalue weighted by molar-refractivity contribution is 6.30. The number of amides is 1. The van der Waals surface area contributed by atoms with Crippen LogP contribution in [0.3, 0.4) is 0 Å². The summed E-state index contributed by atoms with van der Waals surface area (Å²) in [4.78, 5) is 12.3. The van der Waals surface area contributed by atoms with E-state index in [0.29, 0.717) is 11.4 Å². The molecule has 0 aliphatic heterocycles. The maximum Gasteiger partial charge on any atom is 0.426 e. The molecule has 1 aromatic carbocycles. The summed E-state index contributed by atoms with van der Waals surface area (Å²) in [6, 6.07) is 6.76. The van der Waals surface area contributed by atoms with E-state index >= 15 is 0 Å². The summed E-state index contributed by atoms with van der Waals surface area (Å²) in [6.45, 7) is 3.48. The number of allylic oxidation sites excluding steroid dienone is 2. The molecule has 1 amide bonds. The number of benzene rings is 1. The van der Waals surface area contributed by atoms with E-state index in [0.717, 1.165) is 6.08 Å². The van der Waals surface area contributed by atoms with Gasteiger partial charge in [0, 0.05) is 11.8 Å². The maximum absolute atomic E-state index is 12.5. The summed E-state index contributed by atoms with van der Waals surface area (Å²) >= 11 is 5.28. The van der Waals surface area contributed by atoms with Gasteiger partial charge in [-0.05, 0) is 23.5 Å². The van der Waals surface area contributed by atoms with E-state index in [2.05, 4.69) is 5.32 Å². The number of methoxy groups -OCH3 is 1. The molecule has 1 aliphatic rings. The quantitative estimate of drug-likeness (QED) is 0.865. The first-order chi connectivity index (χ1) is 10.6. The van der Waals surface area contributed by atoms with E-state index in [1.165, 1.54) is 7.11 Å². The van der Waals surface area contributed by atoms with Crippen molar-refractivity contribution in [3.8, 4) is 5.75 Å². The monoisotopic (exact) mass is 347 g/mol. The fourth-order valence-electron chi connectivity index (χ4n) is 2.66. The van der Waals surface area contributed by atoms with E-state index in [1.807, 2.05) is 0 Å². The van der Waals surface area contributed by atoms with Crippen molar-refractivity contribution in [1.82, 2.24) is 0 Å². The fourth-order valence-corrected chi connectivity index (χ4v) is 2.80. The molecule has 0 radical (unpaired) electrons. The third-order valence-corrected chi connectivity index (χ3v) is 4.47. The number of halogens is 4. The number of hydrogen-bond acceptors (Lipinski definition) is 2. The van der Waals surface area contributed by atoms with Crippen molar-refractivity contribution in [3.05, 3.63) is 35.4 Å². The molecule has 0 heterocycles. The average molecular weight is 348 g/mol. The zero-order valence-electron chi connectivity index (χ0n) is 12.9. The molecule has 2 rings (SSSR count). The number of nitrogens with one attached hydrogen (secondary N) is 1. The molecule has 23 heavy (non-hydrogen) atoms. The lowest BCUT2D eigenvalue weighted by molar-refractivity contribution is -0.118. The van der Waals surface area contributed by atoms with Gasteiger partial charge < -0.3 is 10.1 Å². The molecule has 1 saturated carbocycles. The van der Waals surface area contributed by atoms with Crippen molar-refractivity contribution >= 4 is 23.2 Å². The molecule has 2 atom stereocenters. The van der Waals surface area contributed by atoms with Crippen LogP contribution in [0.2, 0.25) is 0 Å². The molecule has 1 fully saturated rings. The van der Waals surface area contributed by atoms with Crippen LogP contribution >= 0.6 is 11.6 Å². The average Bonchev–Trinajstić information content (AvgIpc) is 2.99. The van der Waals surface area contributed by atoms with Gasteiger partial charge in [-0.1, -0.05) is 37.6 Å². The summed E-state index contributed by atoms with van der Waals surface area (Å²) in [5, 5.41) is 1.52. The topological polar surface area (TPSA) is 38.3 Å². The molecule has 1 N–H and O–H groups in total. The van der Waals surface area contributed by atoms with Gasteiger partial charge in [0.1, 0.15) is 10.8 Å². The summed E-state index contributed by atoms with van der Waals surface area (Å²) in [5.74, 6) is -0.877. The van der Waals surface area contributed by atoms with E-state index < -0.39 is 28.5 Å². The highest BCUT2D eigenvalue weighted by Crippen LogP contribution is 2.60. The Labute approximate surface area is 137 Å². The molecule has 126 valence electrons. The van der Waals surface area contributed by atoms with Gasteiger partial charge in [0.25, 0.3) is 0 Å². The molecule has 0 bridgehead atoms. The van der Waals surface area contributed by atoms with E-state index in [4.69, 9.17) is 16.3 Å². The van der Waals surface area contributed by atoms with Crippen LogP contribution in [0, 0.1) is 17.3 Å². The zero-order chi connectivity index (χ0) is 17.4. The van der Waals surface area contributed by atoms with Crippen LogP contribution in [-0.4, -0.2) is 19.2 Å². The second kappa shape index (κ2) is 6.07. The van der Waals surface area contributed by atoms with E-state index in [1.54, 1.807) is 38.1 Å². The highest BCUT2D eigenvalue weighted by atomic mass is 35.5. The van der Waals surface area contributed by atoms with Gasteiger partial charge in [-0.3, -0.25) is 4.79 Å². The lowest BCUT2D eigenvalue weighted by Crippen LogP contribution is -2.17. The number of ether oxygens (including phenoxy) is 1. The smallest absolute Gasteiger partial charge is 0.426 e. The Morgan fingerprint density at radius 2 is 2.04 bits per heavy atom. The third-order valence-electron chi connectivity index (χ3n) is 4.13. The number of carbonyl (C=O) groups excluding carboxylic acids is 1. The van der Waals surface area contributed by atoms with Crippen LogP contribution in [0.1, 0.15) is 13.8 Å². The zero-order valence-corrected chi connectivity index (χ0v) is 13.6. The molecule has 7 heteroatoms. The third kappa shape index (κ3) is 3.80. The molecular formula is C16H17ClF3NO2. The van der Waals surface area contributed by atoms with Crippen LogP contribution in [0.15, 0.2) is 35.4 Å². The molecule has 1 aromatic rings. The van der Waals surface area contributed by atoms with Gasteiger partial charge in [-0.2, -0.15) is 13.2 Å². The van der Waals surface area contributed by atoms with Crippen LogP contribution in [0.5, 0.6) is 5.75 Å². The normalized spacial score (nSPS) is 23.3. The van der Waals surface area contributed by atoms with Gasteiger partial charge in [0.2, 0.25) is 5.91 Å². The van der Waals surface area contributed by atoms with Gasteiger partial charge in [-0.25, -0.2) is 0 Å². The number of alkyl halides is 3. The second-order valence-electron chi connectivity index (χ2n) is 6.06. The first-order valence-electron chi connectivity index (χ1n) is 6.97. The van der Waals surface area contributed by atoms with Crippen LogP contribution < -0.4 is 10.1 Å². The van der Waals surface area contributed by atoms with Crippen molar-refractivity contribution in [2.75, 3.05) is 12.4 Å². The molecule has 0 saturated heterocycles. The molecule has 3 nitrogen and oxygen atoms in total. The fraction of sp³-hybridized carbons (Fsp3) is 0.438. The van der Waals surface area contributed by atoms with E-state index in [-0.39, 0.29) is 5.91 Å². The summed E-state index contributed by atoms with van der Waals surface area (Å²) in [5.41, 5.74) is -0.0457. The second-order valence-corrected chi connectivity index (χ2v) is 6.47. The Kier molecular flexibility index (Phi) is 4.66. The van der Waals surface area contributed by atoms with Gasteiger partial charge >= 0.3 is 6.18 Å². The Morgan fingerprint density at radius 3 is 2.61 bits per heavy atom. The summed E-state index contributed by atoms with van der Waals surface area (Å²) in [6.07, 6.45) is -3.66. The SMILES string of the molecule is COc1cccc(NC(=O)C2C(C=C(Cl)C(F)(F)F)C2(C)C)c1. The predicted octanol–water partition coefficient (Wildman–Crippen LogP) is 4.59. The maximum atomic E-state index is 12.5. The molecule has 0 spiro atoms. The Bertz CT molecular complexity index is 640. The number of rotatable bonds is 4. The Balaban J connectivity index is 2.11. The van der Waals surface area contributed by atoms with Crippen molar-refractivity contribution < 1.29 is 22.7 Å². The lowest BCUT2D eigenvalue weighted by Gasteiger charge is -2.07. The lowest BCUT2D eigenvalue weighted by atomic mass is 10.1.